The molecule has 0 spiro atoms. The monoisotopic (exact) mass is 408 g/mol. The van der Waals surface area contributed by atoms with Crippen molar-refractivity contribution in [2.24, 2.45) is 0 Å². The third-order valence-corrected chi connectivity index (χ3v) is 3.56. The van der Waals surface area contributed by atoms with Gasteiger partial charge in [0.25, 0.3) is 0 Å². The van der Waals surface area contributed by atoms with Gasteiger partial charge in [0.05, 0.1) is 12.2 Å². The molecule has 0 bridgehead atoms. The number of hydrogen-bond acceptors (Lipinski definition) is 2. The topological polar surface area (TPSA) is 29.5 Å². The molecule has 21 heavy (non-hydrogen) atoms. The molecule has 0 fully saturated rings. The summed E-state index contributed by atoms with van der Waals surface area (Å²) in [6, 6.07) is 10.9. The Labute approximate surface area is 133 Å². The molecule has 0 aromatic heterocycles. The molecule has 2 rings (SSSR count). The Kier molecular flexibility index (Phi) is 5.10. The van der Waals surface area contributed by atoms with Crippen molar-refractivity contribution in [3.8, 4) is 5.75 Å². The van der Waals surface area contributed by atoms with Crippen LogP contribution in [0.5, 0.6) is 5.75 Å². The quantitative estimate of drug-likeness (QED) is 0.762. The molecule has 112 valence electrons. The van der Waals surface area contributed by atoms with Crippen molar-refractivity contribution in [3.05, 3.63) is 62.7 Å². The first-order valence-corrected chi connectivity index (χ1v) is 7.16. The third-order valence-electron chi connectivity index (χ3n) is 2.84. The maximum Gasteiger partial charge on any atom is 0.419 e. The number of benzene rings is 2. The Bertz CT molecular complexity index is 609. The molecular formula is C15H12F3IO2. The SMILES string of the molecule is OCc1ccc(OCc2ccc(I)cc2)c(C(F)(F)F)c1. The van der Waals surface area contributed by atoms with E-state index in [1.54, 1.807) is 12.1 Å². The van der Waals surface area contributed by atoms with Crippen molar-refractivity contribution in [1.82, 2.24) is 0 Å². The molecule has 2 nitrogen and oxygen atoms in total. The molecule has 0 saturated heterocycles. The molecular weight excluding hydrogens is 396 g/mol. The number of aliphatic hydroxyl groups is 1. The summed E-state index contributed by atoms with van der Waals surface area (Å²) in [5.41, 5.74) is 0.110. The number of hydrogen-bond donors (Lipinski definition) is 1. The fraction of sp³-hybridized carbons (Fsp3) is 0.200. The molecule has 0 saturated carbocycles. The van der Waals surface area contributed by atoms with Crippen LogP contribution in [-0.4, -0.2) is 5.11 Å². The largest absolute Gasteiger partial charge is 0.488 e. The molecule has 0 aliphatic carbocycles. The smallest absolute Gasteiger partial charge is 0.419 e. The molecule has 0 aliphatic heterocycles. The summed E-state index contributed by atoms with van der Waals surface area (Å²) in [4.78, 5) is 0. The molecule has 0 atom stereocenters. The summed E-state index contributed by atoms with van der Waals surface area (Å²) < 4.78 is 45.3. The van der Waals surface area contributed by atoms with Gasteiger partial charge in [0, 0.05) is 3.57 Å². The van der Waals surface area contributed by atoms with Crippen LogP contribution in [0.15, 0.2) is 42.5 Å². The Morgan fingerprint density at radius 3 is 2.19 bits per heavy atom. The first-order chi connectivity index (χ1) is 9.90. The summed E-state index contributed by atoms with van der Waals surface area (Å²) in [6.45, 7) is -0.390. The Balaban J connectivity index is 2.21. The fourth-order valence-corrected chi connectivity index (χ4v) is 2.12. The van der Waals surface area contributed by atoms with Crippen LogP contribution in [0.1, 0.15) is 16.7 Å². The molecule has 6 heteroatoms. The minimum atomic E-state index is -4.52. The van der Waals surface area contributed by atoms with E-state index in [9.17, 15) is 13.2 Å². The standard InChI is InChI=1S/C15H12F3IO2/c16-15(17,18)13-7-11(8-20)3-6-14(13)21-9-10-1-4-12(19)5-2-10/h1-7,20H,8-9H2. The van der Waals surface area contributed by atoms with E-state index in [2.05, 4.69) is 22.6 Å². The van der Waals surface area contributed by atoms with Gasteiger partial charge in [0.2, 0.25) is 0 Å². The highest BCUT2D eigenvalue weighted by Gasteiger charge is 2.34. The van der Waals surface area contributed by atoms with Crippen molar-refractivity contribution >= 4 is 22.6 Å². The lowest BCUT2D eigenvalue weighted by Gasteiger charge is -2.15. The highest BCUT2D eigenvalue weighted by molar-refractivity contribution is 14.1. The highest BCUT2D eigenvalue weighted by atomic mass is 127. The van der Waals surface area contributed by atoms with Gasteiger partial charge in [-0.05, 0) is 58.0 Å². The zero-order valence-electron chi connectivity index (χ0n) is 10.8. The first kappa shape index (κ1) is 16.1. The first-order valence-electron chi connectivity index (χ1n) is 6.08. The van der Waals surface area contributed by atoms with Gasteiger partial charge in [-0.3, -0.25) is 0 Å². The molecule has 0 radical (unpaired) electrons. The number of halogens is 4. The van der Waals surface area contributed by atoms with Crippen LogP contribution >= 0.6 is 22.6 Å². The molecule has 0 heterocycles. The van der Waals surface area contributed by atoms with E-state index in [1.807, 2.05) is 12.1 Å². The molecule has 0 aliphatic rings. The highest BCUT2D eigenvalue weighted by Crippen LogP contribution is 2.37. The molecule has 2 aromatic carbocycles. The average Bonchev–Trinajstić information content (AvgIpc) is 2.45. The third kappa shape index (κ3) is 4.34. The van der Waals surface area contributed by atoms with Crippen LogP contribution in [-0.2, 0) is 19.4 Å². The second-order valence-corrected chi connectivity index (χ2v) is 5.65. The lowest BCUT2D eigenvalue weighted by Crippen LogP contribution is -2.09. The average molecular weight is 408 g/mol. The number of aliphatic hydroxyl groups excluding tert-OH is 1. The Hall–Kier alpha value is -1.28. The van der Waals surface area contributed by atoms with Gasteiger partial charge in [0.1, 0.15) is 12.4 Å². The van der Waals surface area contributed by atoms with E-state index in [0.29, 0.717) is 0 Å². The zero-order chi connectivity index (χ0) is 15.5. The predicted octanol–water partition coefficient (Wildman–Crippen LogP) is 4.38. The summed E-state index contributed by atoms with van der Waals surface area (Å²) in [7, 11) is 0. The van der Waals surface area contributed by atoms with E-state index in [4.69, 9.17) is 9.84 Å². The van der Waals surface area contributed by atoms with Crippen LogP contribution in [0.4, 0.5) is 13.2 Å². The molecule has 2 aromatic rings. The van der Waals surface area contributed by atoms with Gasteiger partial charge >= 0.3 is 6.18 Å². The van der Waals surface area contributed by atoms with E-state index in [-0.39, 0.29) is 17.9 Å². The zero-order valence-corrected chi connectivity index (χ0v) is 13.0. The van der Waals surface area contributed by atoms with Gasteiger partial charge in [0.15, 0.2) is 0 Å². The van der Waals surface area contributed by atoms with Crippen molar-refractivity contribution in [1.29, 1.82) is 0 Å². The van der Waals surface area contributed by atoms with Crippen molar-refractivity contribution in [2.75, 3.05) is 0 Å². The maximum absolute atomic E-state index is 13.0. The van der Waals surface area contributed by atoms with Gasteiger partial charge < -0.3 is 9.84 Å². The van der Waals surface area contributed by atoms with Crippen LogP contribution in [0.2, 0.25) is 0 Å². The fourth-order valence-electron chi connectivity index (χ4n) is 1.76. The van der Waals surface area contributed by atoms with Crippen molar-refractivity contribution in [2.45, 2.75) is 19.4 Å². The summed E-state index contributed by atoms with van der Waals surface area (Å²) in [5, 5.41) is 8.94. The van der Waals surface area contributed by atoms with Gasteiger partial charge in [-0.1, -0.05) is 18.2 Å². The molecule has 1 N–H and O–H groups in total. The van der Waals surface area contributed by atoms with Crippen LogP contribution in [0, 0.1) is 3.57 Å². The van der Waals surface area contributed by atoms with Crippen LogP contribution in [0.25, 0.3) is 0 Å². The maximum atomic E-state index is 13.0. The van der Waals surface area contributed by atoms with Crippen LogP contribution in [0.3, 0.4) is 0 Å². The van der Waals surface area contributed by atoms with Gasteiger partial charge in [-0.25, -0.2) is 0 Å². The second kappa shape index (κ2) is 6.65. The summed E-state index contributed by atoms with van der Waals surface area (Å²) >= 11 is 2.15. The lowest BCUT2D eigenvalue weighted by atomic mass is 10.1. The lowest BCUT2D eigenvalue weighted by molar-refractivity contribution is -0.139. The van der Waals surface area contributed by atoms with Crippen LogP contribution < -0.4 is 4.74 Å². The van der Waals surface area contributed by atoms with E-state index in [0.717, 1.165) is 15.2 Å². The predicted molar refractivity (Wildman–Crippen MR) is 80.9 cm³/mol. The van der Waals surface area contributed by atoms with E-state index >= 15 is 0 Å². The van der Waals surface area contributed by atoms with Gasteiger partial charge in [-0.15, -0.1) is 0 Å². The molecule has 0 amide bonds. The number of alkyl halides is 3. The van der Waals surface area contributed by atoms with Crippen molar-refractivity contribution < 1.29 is 23.0 Å². The molecule has 0 unspecified atom stereocenters. The number of ether oxygens (including phenoxy) is 1. The summed E-state index contributed by atoms with van der Waals surface area (Å²) in [6.07, 6.45) is -4.52. The number of rotatable bonds is 4. The second-order valence-electron chi connectivity index (χ2n) is 4.40. The minimum Gasteiger partial charge on any atom is -0.488 e. The Morgan fingerprint density at radius 2 is 1.62 bits per heavy atom. The van der Waals surface area contributed by atoms with E-state index < -0.39 is 18.3 Å². The summed E-state index contributed by atoms with van der Waals surface area (Å²) in [5.74, 6) is -0.238. The van der Waals surface area contributed by atoms with E-state index in [1.165, 1.54) is 12.1 Å². The minimum absolute atomic E-state index is 0.0540. The van der Waals surface area contributed by atoms with Crippen molar-refractivity contribution in [3.63, 3.8) is 0 Å². The van der Waals surface area contributed by atoms with Gasteiger partial charge in [-0.2, -0.15) is 13.2 Å². The normalized spacial score (nSPS) is 11.5. The Morgan fingerprint density at radius 1 is 1.00 bits per heavy atom.